The highest BCUT2D eigenvalue weighted by atomic mass is 35.5. The molecule has 0 saturated heterocycles. The summed E-state index contributed by atoms with van der Waals surface area (Å²) in [7, 11) is 0. The van der Waals surface area contributed by atoms with Gasteiger partial charge in [-0.05, 0) is 43.3 Å². The van der Waals surface area contributed by atoms with Crippen LogP contribution in [0.5, 0.6) is 0 Å². The third kappa shape index (κ3) is 6.66. The molecule has 0 fully saturated rings. The quantitative estimate of drug-likeness (QED) is 0.553. The highest BCUT2D eigenvalue weighted by Gasteiger charge is 2.22. The van der Waals surface area contributed by atoms with Gasteiger partial charge in [-0.15, -0.1) is 0 Å². The maximum Gasteiger partial charge on any atom is 0.329 e. The first-order valence-electron chi connectivity index (χ1n) is 10.2. The van der Waals surface area contributed by atoms with Crippen molar-refractivity contribution in [3.05, 3.63) is 77.2 Å². The Kier molecular flexibility index (Phi) is 8.23. The van der Waals surface area contributed by atoms with Gasteiger partial charge in [-0.1, -0.05) is 42.8 Å². The Morgan fingerprint density at radius 3 is 2.68 bits per heavy atom. The molecule has 6 nitrogen and oxygen atoms in total. The molecule has 0 aliphatic heterocycles. The number of nitrogens with zero attached hydrogens (tertiary/aromatic N) is 1. The number of hydrogen-bond acceptors (Lipinski definition) is 5. The smallest absolute Gasteiger partial charge is 0.329 e. The van der Waals surface area contributed by atoms with Crippen LogP contribution >= 0.6 is 11.6 Å². The number of hydrogen-bond donors (Lipinski definition) is 1. The molecule has 0 saturated carbocycles. The van der Waals surface area contributed by atoms with Crippen molar-refractivity contribution in [2.45, 2.75) is 26.1 Å². The molecule has 1 heterocycles. The predicted octanol–water partition coefficient (Wildman–Crippen LogP) is 5.06. The molecule has 0 radical (unpaired) electrons. The van der Waals surface area contributed by atoms with Crippen LogP contribution in [0.1, 0.15) is 25.6 Å². The minimum atomic E-state index is -0.991. The lowest BCUT2D eigenvalue weighted by Gasteiger charge is -2.25. The van der Waals surface area contributed by atoms with Gasteiger partial charge in [-0.3, -0.25) is 0 Å². The maximum atomic E-state index is 10.7. The van der Waals surface area contributed by atoms with E-state index in [-0.39, 0.29) is 18.6 Å². The van der Waals surface area contributed by atoms with Crippen molar-refractivity contribution in [3.63, 3.8) is 0 Å². The van der Waals surface area contributed by atoms with Crippen molar-refractivity contribution < 1.29 is 24.1 Å². The second kappa shape index (κ2) is 11.1. The summed E-state index contributed by atoms with van der Waals surface area (Å²) in [6.45, 7) is 4.47. The fraction of sp³-hybridized carbons (Fsp3) is 0.333. The van der Waals surface area contributed by atoms with Crippen LogP contribution in [-0.4, -0.2) is 42.0 Å². The Balaban J connectivity index is 1.76. The van der Waals surface area contributed by atoms with E-state index in [2.05, 4.69) is 0 Å². The van der Waals surface area contributed by atoms with Crippen LogP contribution in [0.2, 0.25) is 5.02 Å². The summed E-state index contributed by atoms with van der Waals surface area (Å²) in [5, 5.41) is 9.49. The Morgan fingerprint density at radius 2 is 2.00 bits per heavy atom. The number of benzene rings is 1. The summed E-state index contributed by atoms with van der Waals surface area (Å²) >= 11 is 6.00. The molecular formula is C24H26ClNO5. The van der Waals surface area contributed by atoms with Gasteiger partial charge in [0.2, 0.25) is 0 Å². The molecule has 1 N–H and O–H groups in total. The normalized spacial score (nSPS) is 19.0. The van der Waals surface area contributed by atoms with Crippen molar-refractivity contribution in [2.75, 3.05) is 19.8 Å². The van der Waals surface area contributed by atoms with Crippen LogP contribution in [-0.2, 0) is 19.0 Å². The van der Waals surface area contributed by atoms with Crippen molar-refractivity contribution >= 4 is 17.6 Å². The van der Waals surface area contributed by atoms with E-state index in [1.54, 1.807) is 6.08 Å². The molecule has 164 valence electrons. The zero-order valence-corrected chi connectivity index (χ0v) is 18.3. The number of allylic oxidation sites excluding steroid dienone is 1. The highest BCUT2D eigenvalue weighted by Crippen LogP contribution is 2.28. The topological polar surface area (TPSA) is 77.9 Å². The molecule has 2 aromatic rings. The van der Waals surface area contributed by atoms with Gasteiger partial charge in [0.1, 0.15) is 12.4 Å². The fourth-order valence-corrected chi connectivity index (χ4v) is 3.33. The van der Waals surface area contributed by atoms with E-state index >= 15 is 0 Å². The zero-order chi connectivity index (χ0) is 22.2. The van der Waals surface area contributed by atoms with Gasteiger partial charge in [0.05, 0.1) is 24.1 Å². The molecule has 0 spiro atoms. The average molecular weight is 444 g/mol. The lowest BCUT2D eigenvalue weighted by atomic mass is 9.98. The lowest BCUT2D eigenvalue weighted by Crippen LogP contribution is -2.24. The molecule has 1 aromatic carbocycles. The third-order valence-electron chi connectivity index (χ3n) is 4.79. The molecule has 3 rings (SSSR count). The Hall–Kier alpha value is -2.67. The number of pyridine rings is 1. The number of carboxylic acid groups (broad SMARTS) is 1. The van der Waals surface area contributed by atoms with Crippen LogP contribution in [0.3, 0.4) is 0 Å². The first kappa shape index (κ1) is 23.0. The van der Waals surface area contributed by atoms with Crippen molar-refractivity contribution in [3.8, 4) is 11.3 Å². The summed E-state index contributed by atoms with van der Waals surface area (Å²) in [5.74, 6) is -0.346. The van der Waals surface area contributed by atoms with Gasteiger partial charge in [0.25, 0.3) is 0 Å². The van der Waals surface area contributed by atoms with E-state index in [1.165, 1.54) is 0 Å². The van der Waals surface area contributed by atoms with Crippen molar-refractivity contribution in [2.24, 2.45) is 5.92 Å². The third-order valence-corrected chi connectivity index (χ3v) is 5.04. The van der Waals surface area contributed by atoms with Gasteiger partial charge < -0.3 is 19.3 Å². The lowest BCUT2D eigenvalue weighted by molar-refractivity contribution is -0.144. The van der Waals surface area contributed by atoms with Gasteiger partial charge in [-0.25, -0.2) is 9.78 Å². The molecule has 31 heavy (non-hydrogen) atoms. The molecular weight excluding hydrogens is 418 g/mol. The SMILES string of the molecule is CCOCC(OC1=CC(C)C(OCC(=O)O)C=C1)c1cccc(-c2ccc(Cl)cc2)n1. The predicted molar refractivity (Wildman–Crippen MR) is 119 cm³/mol. The van der Waals surface area contributed by atoms with Crippen LogP contribution < -0.4 is 0 Å². The summed E-state index contributed by atoms with van der Waals surface area (Å²) in [5.41, 5.74) is 2.54. The number of carboxylic acids is 1. The summed E-state index contributed by atoms with van der Waals surface area (Å²) in [6.07, 6.45) is 4.84. The monoisotopic (exact) mass is 443 g/mol. The average Bonchev–Trinajstić information content (AvgIpc) is 2.76. The van der Waals surface area contributed by atoms with Crippen LogP contribution in [0.15, 0.2) is 66.5 Å². The molecule has 0 amide bonds. The standard InChI is InChI=1S/C24H26ClNO5/c1-3-29-14-23(31-19-11-12-22(16(2)13-19)30-15-24(27)28)21-6-4-5-20(26-21)17-7-9-18(25)10-8-17/h4-13,16,22-23H,3,14-15H2,1-2H3,(H,27,28). The van der Waals surface area contributed by atoms with Gasteiger partial charge in [0.15, 0.2) is 6.10 Å². The number of halogens is 1. The van der Waals surface area contributed by atoms with E-state index in [4.69, 9.17) is 35.9 Å². The number of carbonyl (C=O) groups is 1. The summed E-state index contributed by atoms with van der Waals surface area (Å²) < 4.78 is 17.3. The van der Waals surface area contributed by atoms with Crippen molar-refractivity contribution in [1.82, 2.24) is 4.98 Å². The molecule has 7 heteroatoms. The molecule has 1 aliphatic rings. The first-order valence-corrected chi connectivity index (χ1v) is 10.5. The molecule has 1 aromatic heterocycles. The minimum absolute atomic E-state index is 0.0274. The largest absolute Gasteiger partial charge is 0.482 e. The molecule has 0 bridgehead atoms. The highest BCUT2D eigenvalue weighted by molar-refractivity contribution is 6.30. The molecule has 3 atom stereocenters. The van der Waals surface area contributed by atoms with E-state index in [9.17, 15) is 4.79 Å². The molecule has 3 unspecified atom stereocenters. The first-order chi connectivity index (χ1) is 15.0. The second-order valence-corrected chi connectivity index (χ2v) is 7.61. The Bertz CT molecular complexity index is 941. The maximum absolute atomic E-state index is 10.7. The van der Waals surface area contributed by atoms with Gasteiger partial charge >= 0.3 is 5.97 Å². The Labute approximate surface area is 187 Å². The minimum Gasteiger partial charge on any atom is -0.482 e. The van der Waals surface area contributed by atoms with Gasteiger partial charge in [0, 0.05) is 23.1 Å². The number of aliphatic carboxylic acids is 1. The van der Waals surface area contributed by atoms with E-state index in [0.29, 0.717) is 24.0 Å². The van der Waals surface area contributed by atoms with Crippen molar-refractivity contribution in [1.29, 1.82) is 0 Å². The zero-order valence-electron chi connectivity index (χ0n) is 17.5. The van der Waals surface area contributed by atoms with Crippen LogP contribution in [0, 0.1) is 5.92 Å². The number of rotatable bonds is 10. The van der Waals surface area contributed by atoms with E-state index < -0.39 is 12.1 Å². The second-order valence-electron chi connectivity index (χ2n) is 7.18. The summed E-state index contributed by atoms with van der Waals surface area (Å²) in [4.78, 5) is 15.5. The fourth-order valence-electron chi connectivity index (χ4n) is 3.21. The van der Waals surface area contributed by atoms with Crippen LogP contribution in [0.4, 0.5) is 0 Å². The van der Waals surface area contributed by atoms with E-state index in [0.717, 1.165) is 17.0 Å². The number of aromatic nitrogens is 1. The summed E-state index contributed by atoms with van der Waals surface area (Å²) in [6, 6.07) is 13.3. The Morgan fingerprint density at radius 1 is 1.23 bits per heavy atom. The van der Waals surface area contributed by atoms with Gasteiger partial charge in [-0.2, -0.15) is 0 Å². The van der Waals surface area contributed by atoms with Crippen LogP contribution in [0.25, 0.3) is 11.3 Å². The molecule has 1 aliphatic carbocycles. The van der Waals surface area contributed by atoms with E-state index in [1.807, 2.05) is 68.5 Å². The number of ether oxygens (including phenoxy) is 3.